The van der Waals surface area contributed by atoms with E-state index in [-0.39, 0.29) is 11.5 Å². The normalized spacial score (nSPS) is 15.2. The first-order valence-electron chi connectivity index (χ1n) is 6.81. The summed E-state index contributed by atoms with van der Waals surface area (Å²) < 4.78 is 11.7. The summed E-state index contributed by atoms with van der Waals surface area (Å²) in [4.78, 5) is 26.3. The molecular weight excluding hydrogens is 272 g/mol. The van der Waals surface area contributed by atoms with Crippen molar-refractivity contribution in [2.75, 3.05) is 26.3 Å². The van der Waals surface area contributed by atoms with E-state index in [1.54, 1.807) is 11.9 Å². The SMILES string of the molecule is Cn1oc(=O)c(C(=O)N2CCOCC2)c1-c1ccccc1. The van der Waals surface area contributed by atoms with Gasteiger partial charge in [-0.1, -0.05) is 30.3 Å². The Hall–Kier alpha value is -2.34. The van der Waals surface area contributed by atoms with Gasteiger partial charge in [0.1, 0.15) is 5.69 Å². The number of ether oxygens (including phenoxy) is 1. The van der Waals surface area contributed by atoms with Crippen molar-refractivity contribution in [1.29, 1.82) is 0 Å². The van der Waals surface area contributed by atoms with E-state index in [4.69, 9.17) is 9.26 Å². The molecule has 0 unspecified atom stereocenters. The van der Waals surface area contributed by atoms with Gasteiger partial charge in [0.05, 0.1) is 13.2 Å². The fourth-order valence-corrected chi connectivity index (χ4v) is 2.51. The maximum Gasteiger partial charge on any atom is 0.370 e. The van der Waals surface area contributed by atoms with Gasteiger partial charge in [-0.05, 0) is 0 Å². The summed E-state index contributed by atoms with van der Waals surface area (Å²) in [6.07, 6.45) is 0. The highest BCUT2D eigenvalue weighted by Gasteiger charge is 2.28. The van der Waals surface area contributed by atoms with Crippen molar-refractivity contribution in [1.82, 2.24) is 9.64 Å². The van der Waals surface area contributed by atoms with Crippen molar-refractivity contribution in [2.24, 2.45) is 7.05 Å². The van der Waals surface area contributed by atoms with Crippen molar-refractivity contribution in [3.8, 4) is 11.3 Å². The molecule has 110 valence electrons. The van der Waals surface area contributed by atoms with Gasteiger partial charge in [-0.3, -0.25) is 4.79 Å². The number of aromatic nitrogens is 1. The molecule has 0 saturated carbocycles. The molecule has 0 bridgehead atoms. The van der Waals surface area contributed by atoms with Crippen LogP contribution in [0.5, 0.6) is 0 Å². The Bertz CT molecular complexity index is 696. The minimum Gasteiger partial charge on any atom is -0.378 e. The van der Waals surface area contributed by atoms with Crippen molar-refractivity contribution in [3.63, 3.8) is 0 Å². The standard InChI is InChI=1S/C15H16N2O4/c1-16-13(11-5-3-2-4-6-11)12(15(19)21-16)14(18)17-7-9-20-10-8-17/h2-6H,7-10H2,1H3. The van der Waals surface area contributed by atoms with Crippen molar-refractivity contribution >= 4 is 5.91 Å². The third-order valence-corrected chi connectivity index (χ3v) is 3.54. The topological polar surface area (TPSA) is 64.7 Å². The van der Waals surface area contributed by atoms with Gasteiger partial charge in [0, 0.05) is 25.7 Å². The van der Waals surface area contributed by atoms with Crippen LogP contribution in [0.2, 0.25) is 0 Å². The molecule has 0 atom stereocenters. The number of nitrogens with zero attached hydrogens (tertiary/aromatic N) is 2. The Kier molecular flexibility index (Phi) is 3.62. The minimum absolute atomic E-state index is 0.0885. The predicted octanol–water partition coefficient (Wildman–Crippen LogP) is 1.12. The van der Waals surface area contributed by atoms with Crippen LogP contribution < -0.4 is 5.63 Å². The lowest BCUT2D eigenvalue weighted by molar-refractivity contribution is 0.0301. The highest BCUT2D eigenvalue weighted by atomic mass is 16.5. The molecule has 1 aromatic carbocycles. The molecule has 0 N–H and O–H groups in total. The van der Waals surface area contributed by atoms with E-state index < -0.39 is 5.63 Å². The van der Waals surface area contributed by atoms with Gasteiger partial charge < -0.3 is 14.2 Å². The van der Waals surface area contributed by atoms with Crippen LogP contribution in [-0.4, -0.2) is 41.9 Å². The van der Waals surface area contributed by atoms with Gasteiger partial charge in [-0.25, -0.2) is 9.53 Å². The highest BCUT2D eigenvalue weighted by molar-refractivity contribution is 5.99. The lowest BCUT2D eigenvalue weighted by atomic mass is 10.1. The molecule has 3 rings (SSSR count). The Morgan fingerprint density at radius 2 is 1.81 bits per heavy atom. The molecule has 6 heteroatoms. The molecule has 1 fully saturated rings. The summed E-state index contributed by atoms with van der Waals surface area (Å²) in [5.74, 6) is -0.300. The molecule has 0 radical (unpaired) electrons. The van der Waals surface area contributed by atoms with E-state index in [1.807, 2.05) is 30.3 Å². The third kappa shape index (κ3) is 2.50. The second kappa shape index (κ2) is 5.57. The van der Waals surface area contributed by atoms with Gasteiger partial charge in [0.25, 0.3) is 5.91 Å². The van der Waals surface area contributed by atoms with Crippen LogP contribution in [0, 0.1) is 0 Å². The molecular formula is C15H16N2O4. The number of rotatable bonds is 2. The molecule has 6 nitrogen and oxygen atoms in total. The zero-order chi connectivity index (χ0) is 14.8. The fraction of sp³-hybridized carbons (Fsp3) is 0.333. The minimum atomic E-state index is -0.604. The number of amides is 1. The van der Waals surface area contributed by atoms with Crippen LogP contribution in [-0.2, 0) is 11.8 Å². The van der Waals surface area contributed by atoms with E-state index in [0.29, 0.717) is 32.0 Å². The van der Waals surface area contributed by atoms with Crippen LogP contribution in [0.4, 0.5) is 0 Å². The molecule has 0 spiro atoms. The largest absolute Gasteiger partial charge is 0.378 e. The summed E-state index contributed by atoms with van der Waals surface area (Å²) >= 11 is 0. The second-order valence-corrected chi connectivity index (χ2v) is 4.87. The van der Waals surface area contributed by atoms with Crippen molar-refractivity contribution in [2.45, 2.75) is 0 Å². The maximum atomic E-state index is 12.6. The van der Waals surface area contributed by atoms with Gasteiger partial charge >= 0.3 is 5.63 Å². The number of benzene rings is 1. The van der Waals surface area contributed by atoms with E-state index in [9.17, 15) is 9.59 Å². The van der Waals surface area contributed by atoms with Crippen LogP contribution in [0.1, 0.15) is 10.4 Å². The zero-order valence-corrected chi connectivity index (χ0v) is 11.7. The Labute approximate surface area is 121 Å². The summed E-state index contributed by atoms with van der Waals surface area (Å²) in [5, 5.41) is 0. The second-order valence-electron chi connectivity index (χ2n) is 4.87. The molecule has 1 amide bonds. The Balaban J connectivity index is 2.06. The zero-order valence-electron chi connectivity index (χ0n) is 11.7. The van der Waals surface area contributed by atoms with Crippen molar-refractivity contribution in [3.05, 3.63) is 46.3 Å². The molecule has 1 aliphatic rings. The van der Waals surface area contributed by atoms with Gasteiger partial charge in [0.15, 0.2) is 5.56 Å². The Morgan fingerprint density at radius 1 is 1.14 bits per heavy atom. The van der Waals surface area contributed by atoms with Gasteiger partial charge in [0.2, 0.25) is 0 Å². The summed E-state index contributed by atoms with van der Waals surface area (Å²) in [7, 11) is 1.62. The molecule has 21 heavy (non-hydrogen) atoms. The number of hydrogen-bond acceptors (Lipinski definition) is 4. The number of carbonyl (C=O) groups excluding carboxylic acids is 1. The molecule has 1 saturated heterocycles. The molecule has 2 aromatic rings. The summed E-state index contributed by atoms with van der Waals surface area (Å²) in [5.41, 5.74) is 0.776. The fourth-order valence-electron chi connectivity index (χ4n) is 2.51. The van der Waals surface area contributed by atoms with Gasteiger partial charge in [-0.15, -0.1) is 0 Å². The van der Waals surface area contributed by atoms with Crippen LogP contribution >= 0.6 is 0 Å². The van der Waals surface area contributed by atoms with Crippen molar-refractivity contribution < 1.29 is 14.1 Å². The molecule has 1 aromatic heterocycles. The molecule has 0 aliphatic carbocycles. The lowest BCUT2D eigenvalue weighted by Gasteiger charge is -2.26. The van der Waals surface area contributed by atoms with Crippen LogP contribution in [0.3, 0.4) is 0 Å². The van der Waals surface area contributed by atoms with E-state index >= 15 is 0 Å². The monoisotopic (exact) mass is 288 g/mol. The first-order valence-corrected chi connectivity index (χ1v) is 6.81. The number of morpholine rings is 1. The summed E-state index contributed by atoms with van der Waals surface area (Å²) in [6, 6.07) is 9.29. The average molecular weight is 288 g/mol. The predicted molar refractivity (Wildman–Crippen MR) is 76.1 cm³/mol. The highest BCUT2D eigenvalue weighted by Crippen LogP contribution is 2.22. The average Bonchev–Trinajstić information content (AvgIpc) is 2.82. The molecule has 2 heterocycles. The van der Waals surface area contributed by atoms with E-state index in [0.717, 1.165) is 5.56 Å². The van der Waals surface area contributed by atoms with E-state index in [2.05, 4.69) is 0 Å². The summed E-state index contributed by atoms with van der Waals surface area (Å²) in [6.45, 7) is 1.96. The van der Waals surface area contributed by atoms with Gasteiger partial charge in [-0.2, -0.15) is 0 Å². The van der Waals surface area contributed by atoms with Crippen LogP contribution in [0.15, 0.2) is 39.6 Å². The first kappa shape index (κ1) is 13.6. The lowest BCUT2D eigenvalue weighted by Crippen LogP contribution is -2.42. The third-order valence-electron chi connectivity index (χ3n) is 3.54. The Morgan fingerprint density at radius 3 is 2.48 bits per heavy atom. The maximum absolute atomic E-state index is 12.6. The smallest absolute Gasteiger partial charge is 0.370 e. The number of carbonyl (C=O) groups is 1. The number of aryl methyl sites for hydroxylation is 1. The van der Waals surface area contributed by atoms with E-state index in [1.165, 1.54) is 4.74 Å². The molecule has 1 aliphatic heterocycles. The first-order chi connectivity index (χ1) is 10.2. The van der Waals surface area contributed by atoms with Crippen LogP contribution in [0.25, 0.3) is 11.3 Å². The quantitative estimate of drug-likeness (QED) is 0.830. The number of hydrogen-bond donors (Lipinski definition) is 0.